The standard InChI is InChI=1S/C33H30F3N5O4/c1-2-22-24(35)7-4-17-10-21(43)11-23(25(17)22)28-27(36)29-26-30(41-14-20(42)6-5-19(41)15-44-31(26)37-28)39-32(38-29)45-16-33-8-3-9-40(33)13-18(34)12-33/h1,4,7,10-11,18-20,42-43H,3,5-6,8-9,12-16H2/t18-,19+,20-,33+/m1/s1. The van der Waals surface area contributed by atoms with Crippen LogP contribution in [0.4, 0.5) is 19.0 Å². The quantitative estimate of drug-likeness (QED) is 0.321. The van der Waals surface area contributed by atoms with E-state index >= 15 is 4.39 Å². The summed E-state index contributed by atoms with van der Waals surface area (Å²) < 4.78 is 58.6. The van der Waals surface area contributed by atoms with Crippen molar-refractivity contribution in [2.24, 2.45) is 0 Å². The predicted molar refractivity (Wildman–Crippen MR) is 160 cm³/mol. The van der Waals surface area contributed by atoms with Crippen molar-refractivity contribution >= 4 is 27.5 Å². The summed E-state index contributed by atoms with van der Waals surface area (Å²) in [6, 6.07) is 5.05. The van der Waals surface area contributed by atoms with Crippen LogP contribution in [0, 0.1) is 24.0 Å². The van der Waals surface area contributed by atoms with Crippen molar-refractivity contribution in [1.82, 2.24) is 19.9 Å². The largest absolute Gasteiger partial charge is 0.508 e. The van der Waals surface area contributed by atoms with Gasteiger partial charge in [0.1, 0.15) is 53.4 Å². The highest BCUT2D eigenvalue weighted by molar-refractivity contribution is 6.04. The number of hydrogen-bond acceptors (Lipinski definition) is 9. The van der Waals surface area contributed by atoms with E-state index in [1.54, 1.807) is 0 Å². The molecule has 0 saturated carbocycles. The Balaban J connectivity index is 1.33. The molecule has 6 heterocycles. The molecule has 2 aromatic heterocycles. The topological polar surface area (TPSA) is 104 Å². The van der Waals surface area contributed by atoms with E-state index in [0.29, 0.717) is 37.0 Å². The molecule has 0 spiro atoms. The summed E-state index contributed by atoms with van der Waals surface area (Å²) in [6.45, 7) is 1.70. The molecule has 3 fully saturated rings. The molecule has 232 valence electrons. The van der Waals surface area contributed by atoms with Gasteiger partial charge in [-0.3, -0.25) is 4.90 Å². The maximum absolute atomic E-state index is 16.9. The molecule has 4 aliphatic heterocycles. The number of anilines is 1. The zero-order valence-corrected chi connectivity index (χ0v) is 24.3. The molecule has 0 unspecified atom stereocenters. The number of halogens is 3. The Kier molecular flexibility index (Phi) is 6.48. The number of nitrogens with zero attached hydrogens (tertiary/aromatic N) is 5. The van der Waals surface area contributed by atoms with Gasteiger partial charge in [-0.15, -0.1) is 6.42 Å². The number of aromatic hydroxyl groups is 1. The molecule has 2 N–H and O–H groups in total. The van der Waals surface area contributed by atoms with Gasteiger partial charge in [0.05, 0.1) is 23.2 Å². The van der Waals surface area contributed by atoms with E-state index in [1.165, 1.54) is 24.3 Å². The number of aliphatic hydroxyl groups excluding tert-OH is 1. The highest BCUT2D eigenvalue weighted by atomic mass is 19.1. The monoisotopic (exact) mass is 617 g/mol. The summed E-state index contributed by atoms with van der Waals surface area (Å²) >= 11 is 0. The third kappa shape index (κ3) is 4.43. The number of aromatic nitrogens is 3. The van der Waals surface area contributed by atoms with Crippen LogP contribution in [0.15, 0.2) is 24.3 Å². The average molecular weight is 618 g/mol. The number of piperidine rings is 1. The molecular formula is C33H30F3N5O4. The number of alkyl halides is 1. The van der Waals surface area contributed by atoms with Gasteiger partial charge in [0.25, 0.3) is 0 Å². The third-order valence-electron chi connectivity index (χ3n) is 9.76. The van der Waals surface area contributed by atoms with Crippen molar-refractivity contribution in [3.05, 3.63) is 41.5 Å². The Morgan fingerprint density at radius 2 is 2.00 bits per heavy atom. The number of aliphatic hydroxyl groups is 1. The van der Waals surface area contributed by atoms with Crippen LogP contribution < -0.4 is 14.4 Å². The molecule has 12 heteroatoms. The van der Waals surface area contributed by atoms with E-state index in [1.807, 2.05) is 4.90 Å². The number of rotatable bonds is 4. The Morgan fingerprint density at radius 1 is 1.13 bits per heavy atom. The molecule has 0 aliphatic carbocycles. The lowest BCUT2D eigenvalue weighted by Gasteiger charge is -2.37. The van der Waals surface area contributed by atoms with Gasteiger partial charge >= 0.3 is 6.01 Å². The summed E-state index contributed by atoms with van der Waals surface area (Å²) in [5.74, 6) is 0.983. The molecule has 4 aliphatic rings. The van der Waals surface area contributed by atoms with E-state index in [4.69, 9.17) is 20.9 Å². The molecule has 4 aromatic rings. The van der Waals surface area contributed by atoms with E-state index in [0.717, 1.165) is 19.4 Å². The highest BCUT2D eigenvalue weighted by Gasteiger charge is 2.49. The first-order valence-corrected chi connectivity index (χ1v) is 15.2. The third-order valence-corrected chi connectivity index (χ3v) is 9.76. The SMILES string of the molecule is C#Cc1c(F)ccc2cc(O)cc(-c3nc4c5c(nc(OC[C@@]67CCCN6C[C@H](F)C7)nc5c3F)N3C[C@H](O)CC[C@H]3CO4)c12. The number of phenolic OH excluding ortho intramolecular Hbond substituents is 1. The number of terminal acetylenes is 1. The van der Waals surface area contributed by atoms with E-state index in [2.05, 4.69) is 20.8 Å². The number of fused-ring (bicyclic) bond motifs is 4. The molecule has 2 aromatic carbocycles. The molecule has 8 rings (SSSR count). The second kappa shape index (κ2) is 10.4. The summed E-state index contributed by atoms with van der Waals surface area (Å²) in [5.41, 5.74) is -0.911. The minimum Gasteiger partial charge on any atom is -0.508 e. The number of benzene rings is 2. The fraction of sp³-hybridized carbons (Fsp3) is 0.424. The van der Waals surface area contributed by atoms with E-state index < -0.39 is 29.4 Å². The zero-order valence-electron chi connectivity index (χ0n) is 24.3. The molecular weight excluding hydrogens is 587 g/mol. The van der Waals surface area contributed by atoms with Crippen molar-refractivity contribution in [3.63, 3.8) is 0 Å². The van der Waals surface area contributed by atoms with Crippen LogP contribution in [0.1, 0.15) is 37.7 Å². The van der Waals surface area contributed by atoms with Crippen molar-refractivity contribution < 1.29 is 32.9 Å². The summed E-state index contributed by atoms with van der Waals surface area (Å²) in [6.07, 6.45) is 7.30. The fourth-order valence-electron chi connectivity index (χ4n) is 7.67. The Bertz CT molecular complexity index is 1920. The smallest absolute Gasteiger partial charge is 0.319 e. The van der Waals surface area contributed by atoms with Gasteiger partial charge in [0.15, 0.2) is 5.82 Å². The maximum Gasteiger partial charge on any atom is 0.319 e. The van der Waals surface area contributed by atoms with E-state index in [9.17, 15) is 19.0 Å². The Hall–Kier alpha value is -4.34. The van der Waals surface area contributed by atoms with Gasteiger partial charge in [-0.25, -0.2) is 18.2 Å². The van der Waals surface area contributed by atoms with Crippen LogP contribution in [0.3, 0.4) is 0 Å². The predicted octanol–water partition coefficient (Wildman–Crippen LogP) is 4.49. The summed E-state index contributed by atoms with van der Waals surface area (Å²) in [4.78, 5) is 17.8. The van der Waals surface area contributed by atoms with Gasteiger partial charge in [0, 0.05) is 30.5 Å². The zero-order chi connectivity index (χ0) is 31.0. The van der Waals surface area contributed by atoms with Crippen LogP contribution in [0.25, 0.3) is 32.9 Å². The normalized spacial score (nSPS) is 25.9. The molecule has 45 heavy (non-hydrogen) atoms. The minimum absolute atomic E-state index is 0.0543. The minimum atomic E-state index is -0.952. The molecule has 0 bridgehead atoms. The lowest BCUT2D eigenvalue weighted by atomic mass is 9.95. The van der Waals surface area contributed by atoms with Crippen molar-refractivity contribution in [2.75, 3.05) is 37.7 Å². The Morgan fingerprint density at radius 3 is 2.84 bits per heavy atom. The second-order valence-electron chi connectivity index (χ2n) is 12.5. The van der Waals surface area contributed by atoms with Crippen LogP contribution in [-0.2, 0) is 0 Å². The fourth-order valence-corrected chi connectivity index (χ4v) is 7.67. The maximum atomic E-state index is 16.9. The van der Waals surface area contributed by atoms with Crippen LogP contribution >= 0.6 is 0 Å². The second-order valence-corrected chi connectivity index (χ2v) is 12.5. The van der Waals surface area contributed by atoms with Gasteiger partial charge < -0.3 is 24.6 Å². The first-order valence-electron chi connectivity index (χ1n) is 15.2. The Labute approximate surface area is 256 Å². The van der Waals surface area contributed by atoms with Gasteiger partial charge in [-0.1, -0.05) is 12.0 Å². The van der Waals surface area contributed by atoms with Crippen LogP contribution in [-0.4, -0.2) is 86.8 Å². The highest BCUT2D eigenvalue weighted by Crippen LogP contribution is 2.45. The van der Waals surface area contributed by atoms with Crippen molar-refractivity contribution in [3.8, 4) is 41.2 Å². The lowest BCUT2D eigenvalue weighted by Crippen LogP contribution is -2.48. The number of pyridine rings is 1. The summed E-state index contributed by atoms with van der Waals surface area (Å²) in [7, 11) is 0. The first-order chi connectivity index (χ1) is 21.7. The summed E-state index contributed by atoms with van der Waals surface area (Å²) in [5, 5.41) is 22.0. The lowest BCUT2D eigenvalue weighted by molar-refractivity contribution is 0.107. The molecule has 0 radical (unpaired) electrons. The van der Waals surface area contributed by atoms with Crippen molar-refractivity contribution in [2.45, 2.75) is 56.0 Å². The van der Waals surface area contributed by atoms with E-state index in [-0.39, 0.29) is 76.6 Å². The number of ether oxygens (including phenoxy) is 2. The van der Waals surface area contributed by atoms with Gasteiger partial charge in [-0.05, 0) is 55.8 Å². The number of phenols is 1. The first kappa shape index (κ1) is 28.2. The van der Waals surface area contributed by atoms with Gasteiger partial charge in [0.2, 0.25) is 5.88 Å². The van der Waals surface area contributed by atoms with Crippen molar-refractivity contribution in [1.29, 1.82) is 0 Å². The van der Waals surface area contributed by atoms with Crippen LogP contribution in [0.2, 0.25) is 0 Å². The van der Waals surface area contributed by atoms with Crippen LogP contribution in [0.5, 0.6) is 17.6 Å². The number of hydrogen-bond donors (Lipinski definition) is 2. The molecule has 4 atom stereocenters. The molecule has 9 nitrogen and oxygen atoms in total. The molecule has 0 amide bonds. The van der Waals surface area contributed by atoms with Gasteiger partial charge in [-0.2, -0.15) is 9.97 Å². The average Bonchev–Trinajstić information content (AvgIpc) is 3.50. The molecule has 3 saturated heterocycles.